The maximum atomic E-state index is 11.3. The van der Waals surface area contributed by atoms with Crippen LogP contribution < -0.4 is 0 Å². The van der Waals surface area contributed by atoms with Gasteiger partial charge in [0.1, 0.15) is 15.4 Å². The fraction of sp³-hybridized carbons (Fsp3) is 0.143. The van der Waals surface area contributed by atoms with Gasteiger partial charge in [0, 0.05) is 30.3 Å². The summed E-state index contributed by atoms with van der Waals surface area (Å²) in [5.74, 6) is -1.04. The number of carbonyl (C=O) groups is 1. The predicted molar refractivity (Wildman–Crippen MR) is 82.4 cm³/mol. The summed E-state index contributed by atoms with van der Waals surface area (Å²) in [5.41, 5.74) is 1.46. The molecule has 3 rings (SSSR count). The number of non-ortho nitro benzene ring substituents is 1. The molecular weight excluding hydrogens is 306 g/mol. The van der Waals surface area contributed by atoms with E-state index in [-0.39, 0.29) is 10.6 Å². The Morgan fingerprint density at radius 3 is 2.77 bits per heavy atom. The van der Waals surface area contributed by atoms with Crippen LogP contribution in [-0.2, 0) is 7.05 Å². The first-order valence-corrected chi connectivity index (χ1v) is 7.14. The third-order valence-corrected chi connectivity index (χ3v) is 4.58. The molecule has 0 saturated heterocycles. The molecular formula is C14H11N3O4S. The van der Waals surface area contributed by atoms with Gasteiger partial charge < -0.3 is 9.67 Å². The number of aryl methyl sites for hydroxylation is 2. The normalized spacial score (nSPS) is 11.0. The van der Waals surface area contributed by atoms with Crippen molar-refractivity contribution >= 4 is 33.9 Å². The minimum Gasteiger partial charge on any atom is -0.477 e. The van der Waals surface area contributed by atoms with E-state index in [9.17, 15) is 14.9 Å². The molecule has 0 radical (unpaired) electrons. The molecule has 1 aromatic carbocycles. The lowest BCUT2D eigenvalue weighted by atomic mass is 10.1. The number of thiazole rings is 1. The second kappa shape index (κ2) is 4.92. The van der Waals surface area contributed by atoms with Gasteiger partial charge in [0.05, 0.1) is 10.6 Å². The number of hydrogen-bond acceptors (Lipinski definition) is 5. The number of aromatic nitrogens is 2. The Bertz CT molecular complexity index is 926. The summed E-state index contributed by atoms with van der Waals surface area (Å²) in [6.45, 7) is 1.61. The molecule has 0 amide bonds. The Kier molecular flexibility index (Phi) is 3.18. The quantitative estimate of drug-likeness (QED) is 0.590. The molecule has 1 N–H and O–H groups in total. The molecule has 8 heteroatoms. The standard InChI is InChI=1S/C14H11N3O4S/c1-7-12(14(18)19)22-13(15-7)9-5-8-3-4-16(2)11(8)10(6-9)17(20)21/h3-6H,1-2H3,(H,18,19). The summed E-state index contributed by atoms with van der Waals surface area (Å²) in [7, 11) is 1.74. The van der Waals surface area contributed by atoms with Crippen molar-refractivity contribution in [2.45, 2.75) is 6.92 Å². The zero-order valence-electron chi connectivity index (χ0n) is 11.7. The number of rotatable bonds is 3. The second-order valence-corrected chi connectivity index (χ2v) is 5.85. The number of aromatic carboxylic acids is 1. The largest absolute Gasteiger partial charge is 0.477 e. The van der Waals surface area contributed by atoms with E-state index in [1.807, 2.05) is 0 Å². The van der Waals surface area contributed by atoms with E-state index in [1.165, 1.54) is 6.07 Å². The summed E-state index contributed by atoms with van der Waals surface area (Å²) < 4.78 is 1.69. The summed E-state index contributed by atoms with van der Waals surface area (Å²) in [4.78, 5) is 26.4. The number of fused-ring (bicyclic) bond motifs is 1. The molecule has 7 nitrogen and oxygen atoms in total. The highest BCUT2D eigenvalue weighted by Gasteiger charge is 2.20. The SMILES string of the molecule is Cc1nc(-c2cc([N+](=O)[O-])c3c(ccn3C)c2)sc1C(=O)O. The topological polar surface area (TPSA) is 98.3 Å². The fourth-order valence-corrected chi connectivity index (χ4v) is 3.29. The van der Waals surface area contributed by atoms with Gasteiger partial charge in [-0.1, -0.05) is 0 Å². The number of benzene rings is 1. The van der Waals surface area contributed by atoms with Gasteiger partial charge in [0.25, 0.3) is 5.69 Å². The van der Waals surface area contributed by atoms with E-state index < -0.39 is 10.9 Å². The fourth-order valence-electron chi connectivity index (χ4n) is 2.40. The molecule has 0 spiro atoms. The minimum absolute atomic E-state index is 0.0234. The van der Waals surface area contributed by atoms with E-state index >= 15 is 0 Å². The number of nitro benzene ring substituents is 1. The molecule has 2 heterocycles. The molecule has 0 unspecified atom stereocenters. The highest BCUT2D eigenvalue weighted by atomic mass is 32.1. The average Bonchev–Trinajstić information content (AvgIpc) is 3.02. The monoisotopic (exact) mass is 317 g/mol. The van der Waals surface area contributed by atoms with Crippen molar-refractivity contribution in [3.63, 3.8) is 0 Å². The van der Waals surface area contributed by atoms with Crippen LogP contribution in [-0.4, -0.2) is 25.6 Å². The Balaban J connectivity index is 2.26. The van der Waals surface area contributed by atoms with Gasteiger partial charge in [-0.2, -0.15) is 0 Å². The number of hydrogen-bond donors (Lipinski definition) is 1. The van der Waals surface area contributed by atoms with Gasteiger partial charge in [0.15, 0.2) is 0 Å². The molecule has 112 valence electrons. The molecule has 22 heavy (non-hydrogen) atoms. The Hall–Kier alpha value is -2.74. The first-order chi connectivity index (χ1) is 10.4. The number of carboxylic acids is 1. The minimum atomic E-state index is -1.04. The number of carboxylic acid groups (broad SMARTS) is 1. The number of nitro groups is 1. The first-order valence-electron chi connectivity index (χ1n) is 6.33. The van der Waals surface area contributed by atoms with Gasteiger partial charge in [-0.3, -0.25) is 10.1 Å². The lowest BCUT2D eigenvalue weighted by molar-refractivity contribution is -0.383. The smallest absolute Gasteiger partial charge is 0.347 e. The Labute approximate surface area is 128 Å². The summed E-state index contributed by atoms with van der Waals surface area (Å²) in [6, 6.07) is 5.00. The van der Waals surface area contributed by atoms with Crippen LogP contribution in [0.2, 0.25) is 0 Å². The van der Waals surface area contributed by atoms with Crippen molar-refractivity contribution in [2.75, 3.05) is 0 Å². The van der Waals surface area contributed by atoms with Crippen LogP contribution >= 0.6 is 11.3 Å². The van der Waals surface area contributed by atoms with Crippen molar-refractivity contribution < 1.29 is 14.8 Å². The van der Waals surface area contributed by atoms with Gasteiger partial charge in [-0.05, 0) is 19.1 Å². The van der Waals surface area contributed by atoms with Crippen LogP contribution in [0.3, 0.4) is 0 Å². The van der Waals surface area contributed by atoms with E-state index in [0.717, 1.165) is 16.7 Å². The Morgan fingerprint density at radius 2 is 2.18 bits per heavy atom. The van der Waals surface area contributed by atoms with E-state index in [0.29, 0.717) is 21.8 Å². The molecule has 0 bridgehead atoms. The maximum Gasteiger partial charge on any atom is 0.347 e. The molecule has 0 fully saturated rings. The molecule has 2 aromatic heterocycles. The van der Waals surface area contributed by atoms with Crippen molar-refractivity contribution in [3.8, 4) is 10.6 Å². The van der Waals surface area contributed by atoms with E-state index in [4.69, 9.17) is 5.11 Å². The maximum absolute atomic E-state index is 11.3. The van der Waals surface area contributed by atoms with Gasteiger partial charge >= 0.3 is 5.97 Å². The zero-order valence-corrected chi connectivity index (χ0v) is 12.5. The van der Waals surface area contributed by atoms with Crippen molar-refractivity contribution in [1.82, 2.24) is 9.55 Å². The van der Waals surface area contributed by atoms with Crippen LogP contribution in [0.15, 0.2) is 24.4 Å². The van der Waals surface area contributed by atoms with Crippen molar-refractivity contribution in [2.24, 2.45) is 7.05 Å². The summed E-state index contributed by atoms with van der Waals surface area (Å²) in [5, 5.41) is 21.6. The third kappa shape index (κ3) is 2.13. The van der Waals surface area contributed by atoms with Crippen LogP contribution in [0.25, 0.3) is 21.5 Å². The highest BCUT2D eigenvalue weighted by Crippen LogP contribution is 2.35. The lowest BCUT2D eigenvalue weighted by Gasteiger charge is -2.02. The van der Waals surface area contributed by atoms with Gasteiger partial charge in [-0.25, -0.2) is 9.78 Å². The molecule has 3 aromatic rings. The average molecular weight is 317 g/mol. The molecule has 0 saturated carbocycles. The van der Waals surface area contributed by atoms with Gasteiger partial charge in [-0.15, -0.1) is 11.3 Å². The van der Waals surface area contributed by atoms with Crippen LogP contribution in [0.5, 0.6) is 0 Å². The predicted octanol–water partition coefficient (Wildman–Crippen LogP) is 3.22. The summed E-state index contributed by atoms with van der Waals surface area (Å²) in [6.07, 6.45) is 1.75. The highest BCUT2D eigenvalue weighted by molar-refractivity contribution is 7.17. The first kappa shape index (κ1) is 14.2. The molecule has 0 aliphatic heterocycles. The lowest BCUT2D eigenvalue weighted by Crippen LogP contribution is -1.94. The van der Waals surface area contributed by atoms with Crippen LogP contribution in [0.1, 0.15) is 15.4 Å². The number of nitrogens with zero attached hydrogens (tertiary/aromatic N) is 3. The van der Waals surface area contributed by atoms with Crippen LogP contribution in [0.4, 0.5) is 5.69 Å². The Morgan fingerprint density at radius 1 is 1.45 bits per heavy atom. The second-order valence-electron chi connectivity index (χ2n) is 4.86. The van der Waals surface area contributed by atoms with E-state index in [1.54, 1.807) is 36.9 Å². The third-order valence-electron chi connectivity index (χ3n) is 3.38. The zero-order chi connectivity index (χ0) is 16.0. The molecule has 0 aliphatic rings. The van der Waals surface area contributed by atoms with Crippen molar-refractivity contribution in [3.05, 3.63) is 45.1 Å². The molecule has 0 aliphatic carbocycles. The molecule has 0 atom stereocenters. The van der Waals surface area contributed by atoms with Gasteiger partial charge in [0.2, 0.25) is 0 Å². The van der Waals surface area contributed by atoms with E-state index in [2.05, 4.69) is 4.98 Å². The summed E-state index contributed by atoms with van der Waals surface area (Å²) >= 11 is 1.02. The van der Waals surface area contributed by atoms with Crippen LogP contribution in [0, 0.1) is 17.0 Å². The van der Waals surface area contributed by atoms with Crippen molar-refractivity contribution in [1.29, 1.82) is 0 Å².